The van der Waals surface area contributed by atoms with Gasteiger partial charge >= 0.3 is 5.69 Å². The van der Waals surface area contributed by atoms with Gasteiger partial charge < -0.3 is 9.15 Å². The average Bonchev–Trinajstić information content (AvgIpc) is 3.00. The van der Waals surface area contributed by atoms with Crippen molar-refractivity contribution in [3.8, 4) is 5.75 Å². The van der Waals surface area contributed by atoms with Crippen LogP contribution in [0.15, 0.2) is 57.7 Å². The zero-order valence-corrected chi connectivity index (χ0v) is 12.7. The van der Waals surface area contributed by atoms with Crippen molar-refractivity contribution in [3.63, 3.8) is 0 Å². The summed E-state index contributed by atoms with van der Waals surface area (Å²) in [7, 11) is 1.59. The Morgan fingerprint density at radius 2 is 1.96 bits per heavy atom. The highest BCUT2D eigenvalue weighted by molar-refractivity contribution is 5.98. The molecule has 0 radical (unpaired) electrons. The maximum absolute atomic E-state index is 12.5. The second-order valence-corrected chi connectivity index (χ2v) is 5.52. The van der Waals surface area contributed by atoms with Crippen LogP contribution in [0, 0.1) is 0 Å². The molecule has 3 aromatic heterocycles. The third-order valence-electron chi connectivity index (χ3n) is 4.15. The third kappa shape index (κ3) is 1.68. The molecule has 0 spiro atoms. The van der Waals surface area contributed by atoms with E-state index in [0.717, 1.165) is 16.4 Å². The summed E-state index contributed by atoms with van der Waals surface area (Å²) in [6, 6.07) is 15.0. The summed E-state index contributed by atoms with van der Waals surface area (Å²) in [5.41, 5.74) is 2.50. The lowest BCUT2D eigenvalue weighted by molar-refractivity contribution is 0.414. The number of ether oxygens (including phenoxy) is 1. The van der Waals surface area contributed by atoms with Gasteiger partial charge in [0, 0.05) is 11.5 Å². The molecule has 24 heavy (non-hydrogen) atoms. The summed E-state index contributed by atoms with van der Waals surface area (Å²) in [4.78, 5) is 21.1. The lowest BCUT2D eigenvalue weighted by Gasteiger charge is -2.04. The van der Waals surface area contributed by atoms with Crippen LogP contribution in [0.3, 0.4) is 0 Å². The van der Waals surface area contributed by atoms with Crippen LogP contribution < -0.4 is 10.4 Å². The van der Waals surface area contributed by atoms with Crippen LogP contribution in [-0.2, 0) is 0 Å². The zero-order chi connectivity index (χ0) is 16.3. The second-order valence-electron chi connectivity index (χ2n) is 5.52. The second kappa shape index (κ2) is 4.55. The van der Waals surface area contributed by atoms with E-state index in [1.165, 1.54) is 4.40 Å². The first-order chi connectivity index (χ1) is 11.7. The highest BCUT2D eigenvalue weighted by Gasteiger charge is 2.14. The van der Waals surface area contributed by atoms with Crippen molar-refractivity contribution in [1.29, 1.82) is 0 Å². The molecule has 116 valence electrons. The van der Waals surface area contributed by atoms with Gasteiger partial charge in [0.05, 0.1) is 23.5 Å². The number of fused-ring (bicyclic) bond motifs is 6. The Morgan fingerprint density at radius 3 is 2.83 bits per heavy atom. The van der Waals surface area contributed by atoms with Gasteiger partial charge in [-0.25, -0.2) is 14.2 Å². The Kier molecular flexibility index (Phi) is 2.48. The molecule has 0 aliphatic heterocycles. The highest BCUT2D eigenvalue weighted by atomic mass is 16.5. The Labute approximate surface area is 134 Å². The van der Waals surface area contributed by atoms with Crippen molar-refractivity contribution in [2.24, 2.45) is 0 Å². The molecule has 0 aliphatic carbocycles. The number of benzene rings is 2. The van der Waals surface area contributed by atoms with Crippen LogP contribution >= 0.6 is 0 Å². The lowest BCUT2D eigenvalue weighted by Crippen LogP contribution is -2.15. The molecule has 0 amide bonds. The van der Waals surface area contributed by atoms with E-state index in [1.54, 1.807) is 13.2 Å². The Bertz CT molecular complexity index is 1320. The van der Waals surface area contributed by atoms with Gasteiger partial charge in [-0.05, 0) is 30.3 Å². The fourth-order valence-electron chi connectivity index (χ4n) is 3.01. The molecule has 0 unspecified atom stereocenters. The minimum atomic E-state index is -0.405. The van der Waals surface area contributed by atoms with E-state index < -0.39 is 5.69 Å². The van der Waals surface area contributed by atoms with Gasteiger partial charge in [-0.2, -0.15) is 4.98 Å². The fourth-order valence-corrected chi connectivity index (χ4v) is 3.01. The van der Waals surface area contributed by atoms with Crippen molar-refractivity contribution in [3.05, 3.63) is 59.0 Å². The predicted octanol–water partition coefficient (Wildman–Crippen LogP) is 3.15. The van der Waals surface area contributed by atoms with E-state index in [4.69, 9.17) is 9.15 Å². The molecule has 0 bridgehead atoms. The summed E-state index contributed by atoms with van der Waals surface area (Å²) in [5, 5.41) is 1.58. The molecule has 5 rings (SSSR count). The van der Waals surface area contributed by atoms with Crippen molar-refractivity contribution in [2.75, 3.05) is 7.11 Å². The van der Waals surface area contributed by atoms with Crippen LogP contribution in [0.5, 0.6) is 5.75 Å². The van der Waals surface area contributed by atoms with Gasteiger partial charge in [0.1, 0.15) is 11.3 Å². The number of rotatable bonds is 1. The zero-order valence-electron chi connectivity index (χ0n) is 12.7. The first-order valence-corrected chi connectivity index (χ1v) is 7.43. The topological polar surface area (TPSA) is 69.6 Å². The maximum Gasteiger partial charge on any atom is 0.357 e. The fraction of sp³-hybridized carbons (Fsp3) is 0.0556. The van der Waals surface area contributed by atoms with E-state index in [9.17, 15) is 4.79 Å². The van der Waals surface area contributed by atoms with E-state index in [0.29, 0.717) is 22.4 Å². The summed E-state index contributed by atoms with van der Waals surface area (Å²) in [5.74, 6) is 0.681. The van der Waals surface area contributed by atoms with Crippen molar-refractivity contribution in [1.82, 2.24) is 14.4 Å². The largest absolute Gasteiger partial charge is 0.497 e. The predicted molar refractivity (Wildman–Crippen MR) is 90.6 cm³/mol. The number of nitrogens with zero attached hydrogens (tertiary/aromatic N) is 3. The number of hydrogen-bond donors (Lipinski definition) is 0. The SMILES string of the molecule is COc1ccc2cc3c(nc(=O)n4c5ccccc5nc34)oc2c1. The highest BCUT2D eigenvalue weighted by Crippen LogP contribution is 2.27. The van der Waals surface area contributed by atoms with E-state index >= 15 is 0 Å². The van der Waals surface area contributed by atoms with E-state index in [2.05, 4.69) is 9.97 Å². The van der Waals surface area contributed by atoms with Crippen LogP contribution in [0.25, 0.3) is 38.7 Å². The quantitative estimate of drug-likeness (QED) is 0.444. The number of aromatic nitrogens is 3. The van der Waals surface area contributed by atoms with Gasteiger partial charge in [-0.15, -0.1) is 0 Å². The molecular weight excluding hydrogens is 306 g/mol. The van der Waals surface area contributed by atoms with Crippen molar-refractivity contribution < 1.29 is 9.15 Å². The molecule has 0 fully saturated rings. The van der Waals surface area contributed by atoms with Crippen LogP contribution in [-0.4, -0.2) is 21.5 Å². The Morgan fingerprint density at radius 1 is 1.08 bits per heavy atom. The summed E-state index contributed by atoms with van der Waals surface area (Å²) >= 11 is 0. The van der Waals surface area contributed by atoms with Crippen molar-refractivity contribution in [2.45, 2.75) is 0 Å². The molecule has 6 heteroatoms. The van der Waals surface area contributed by atoms with E-state index in [-0.39, 0.29) is 5.71 Å². The van der Waals surface area contributed by atoms with Gasteiger partial charge in [-0.3, -0.25) is 0 Å². The van der Waals surface area contributed by atoms with Gasteiger partial charge in [0.25, 0.3) is 0 Å². The number of para-hydroxylation sites is 2. The molecular formula is C18H11N3O3. The molecule has 2 aromatic carbocycles. The smallest absolute Gasteiger partial charge is 0.357 e. The summed E-state index contributed by atoms with van der Waals surface area (Å²) in [6.07, 6.45) is 0. The number of hydrogen-bond acceptors (Lipinski definition) is 5. The first-order valence-electron chi connectivity index (χ1n) is 7.43. The van der Waals surface area contributed by atoms with E-state index in [1.807, 2.05) is 42.5 Å². The maximum atomic E-state index is 12.5. The Balaban J connectivity index is 2.00. The van der Waals surface area contributed by atoms with Gasteiger partial charge in [-0.1, -0.05) is 12.1 Å². The van der Waals surface area contributed by atoms with Gasteiger partial charge in [0.15, 0.2) is 5.65 Å². The normalized spacial score (nSPS) is 11.7. The standard InChI is InChI=1S/C18H11N3O3/c1-23-11-7-6-10-8-12-16-19-13-4-2-3-5-14(13)21(16)18(22)20-17(12)24-15(10)9-11/h2-9H,1H3. The first kappa shape index (κ1) is 13.1. The minimum Gasteiger partial charge on any atom is -0.497 e. The van der Waals surface area contributed by atoms with Gasteiger partial charge in [0.2, 0.25) is 5.71 Å². The average molecular weight is 317 g/mol. The number of imidazole rings is 1. The molecule has 5 aromatic rings. The monoisotopic (exact) mass is 317 g/mol. The molecule has 0 aliphatic rings. The molecule has 0 N–H and O–H groups in total. The van der Waals surface area contributed by atoms with Crippen molar-refractivity contribution >= 4 is 38.7 Å². The molecule has 0 saturated carbocycles. The molecule has 3 heterocycles. The number of methoxy groups -OCH3 is 1. The third-order valence-corrected chi connectivity index (χ3v) is 4.15. The minimum absolute atomic E-state index is 0.267. The van der Waals surface area contributed by atoms with Crippen LogP contribution in [0.1, 0.15) is 0 Å². The Hall–Kier alpha value is -3.41. The molecule has 0 saturated heterocycles. The van der Waals surface area contributed by atoms with Crippen LogP contribution in [0.2, 0.25) is 0 Å². The summed E-state index contributed by atoms with van der Waals surface area (Å²) in [6.45, 7) is 0. The summed E-state index contributed by atoms with van der Waals surface area (Å²) < 4.78 is 12.6. The lowest BCUT2D eigenvalue weighted by atomic mass is 10.2. The van der Waals surface area contributed by atoms with Crippen LogP contribution in [0.4, 0.5) is 0 Å². The molecule has 0 atom stereocenters. The molecule has 6 nitrogen and oxygen atoms in total.